The van der Waals surface area contributed by atoms with E-state index < -0.39 is 0 Å². The van der Waals surface area contributed by atoms with Gasteiger partial charge in [0.1, 0.15) is 5.58 Å². The summed E-state index contributed by atoms with van der Waals surface area (Å²) in [6, 6.07) is 66.5. The van der Waals surface area contributed by atoms with Crippen molar-refractivity contribution >= 4 is 71.8 Å². The lowest BCUT2D eigenvalue weighted by Gasteiger charge is -2.32. The van der Waals surface area contributed by atoms with Gasteiger partial charge in [0.05, 0.1) is 33.3 Å². The average molecular weight is 706 g/mol. The second kappa shape index (κ2) is 11.5. The topological polar surface area (TPSA) is 35.5 Å². The number of nitrogens with zero attached hydrogens (tertiary/aromatic N) is 3. The minimum atomic E-state index is 0.846. The van der Waals surface area contributed by atoms with Crippen LogP contribution in [0.1, 0.15) is 0 Å². The first-order valence-corrected chi connectivity index (χ1v) is 18.6. The summed E-state index contributed by atoms with van der Waals surface area (Å²) in [7, 11) is 0. The van der Waals surface area contributed by atoms with Gasteiger partial charge in [0.15, 0.2) is 11.5 Å². The Morgan fingerprint density at radius 1 is 0.364 bits per heavy atom. The highest BCUT2D eigenvalue weighted by Gasteiger charge is 2.26. The molecule has 5 heteroatoms. The number of anilines is 3. The molecule has 0 bridgehead atoms. The fourth-order valence-electron chi connectivity index (χ4n) is 8.66. The first-order valence-electron chi connectivity index (χ1n) is 18.6. The van der Waals surface area contributed by atoms with Crippen LogP contribution in [-0.4, -0.2) is 9.13 Å². The van der Waals surface area contributed by atoms with Crippen LogP contribution in [0, 0.1) is 0 Å². The van der Waals surface area contributed by atoms with Crippen LogP contribution in [0.15, 0.2) is 192 Å². The Bertz CT molecular complexity index is 3250. The summed E-state index contributed by atoms with van der Waals surface area (Å²) in [5.74, 6) is 1.69. The van der Waals surface area contributed by atoms with Crippen molar-refractivity contribution in [3.63, 3.8) is 0 Å². The van der Waals surface area contributed by atoms with Gasteiger partial charge < -0.3 is 18.6 Å². The highest BCUT2D eigenvalue weighted by atomic mass is 16.5. The minimum Gasteiger partial charge on any atom is -0.453 e. The predicted molar refractivity (Wildman–Crippen MR) is 225 cm³/mol. The number of hydrogen-bond acceptors (Lipinski definition) is 3. The van der Waals surface area contributed by atoms with E-state index >= 15 is 0 Å². The third kappa shape index (κ3) is 4.41. The Morgan fingerprint density at radius 2 is 0.982 bits per heavy atom. The van der Waals surface area contributed by atoms with Gasteiger partial charge in [-0.3, -0.25) is 4.57 Å². The van der Waals surface area contributed by atoms with E-state index in [1.54, 1.807) is 0 Å². The molecule has 258 valence electrons. The summed E-state index contributed by atoms with van der Waals surface area (Å²) in [6.07, 6.45) is 0. The van der Waals surface area contributed by atoms with Crippen molar-refractivity contribution in [3.8, 4) is 34.0 Å². The molecule has 4 heterocycles. The van der Waals surface area contributed by atoms with Crippen LogP contribution in [0.25, 0.3) is 77.3 Å². The fraction of sp³-hybridized carbons (Fsp3) is 0. The molecule has 8 aromatic carbocycles. The molecule has 12 rings (SSSR count). The molecule has 0 spiro atoms. The molecule has 0 unspecified atom stereocenters. The Balaban J connectivity index is 0.982. The molecule has 0 aliphatic carbocycles. The minimum absolute atomic E-state index is 0.846. The average Bonchev–Trinajstić information content (AvgIpc) is 3.89. The number of aromatic nitrogens is 2. The summed E-state index contributed by atoms with van der Waals surface area (Å²) in [4.78, 5) is 2.30. The lowest BCUT2D eigenvalue weighted by molar-refractivity contribution is 0.477. The maximum atomic E-state index is 6.52. The molecule has 0 N–H and O–H groups in total. The van der Waals surface area contributed by atoms with E-state index in [-0.39, 0.29) is 0 Å². The van der Waals surface area contributed by atoms with Gasteiger partial charge in [-0.05, 0) is 96.1 Å². The smallest absolute Gasteiger partial charge is 0.213 e. The number of furan rings is 1. The maximum absolute atomic E-state index is 6.52. The van der Waals surface area contributed by atoms with Gasteiger partial charge in [-0.25, -0.2) is 0 Å². The Kier molecular flexibility index (Phi) is 6.27. The monoisotopic (exact) mass is 705 g/mol. The first-order chi connectivity index (χ1) is 27.3. The SMILES string of the molecule is c1ccc(-n2c3cc(-c4ccc(-n5c6ccccc6c6cc(N7c8ccccc8Oc8ccccc87)ccc65)cc4)ccc3c3c4ccccc4oc32)cc1. The van der Waals surface area contributed by atoms with E-state index in [1.807, 2.05) is 36.4 Å². The van der Waals surface area contributed by atoms with Crippen LogP contribution in [0.5, 0.6) is 11.5 Å². The molecule has 5 nitrogen and oxygen atoms in total. The van der Waals surface area contributed by atoms with E-state index in [1.165, 1.54) is 21.7 Å². The summed E-state index contributed by atoms with van der Waals surface area (Å²) in [5, 5.41) is 5.86. The van der Waals surface area contributed by atoms with E-state index in [4.69, 9.17) is 9.15 Å². The zero-order valence-electron chi connectivity index (χ0n) is 29.6. The van der Waals surface area contributed by atoms with Crippen molar-refractivity contribution < 1.29 is 9.15 Å². The third-order valence-corrected chi connectivity index (χ3v) is 11.1. The first kappa shape index (κ1) is 30.0. The van der Waals surface area contributed by atoms with Gasteiger partial charge >= 0.3 is 0 Å². The number of rotatable bonds is 4. The zero-order chi connectivity index (χ0) is 36.0. The molecule has 0 fully saturated rings. The standard InChI is InChI=1S/C50H31N3O2/c1-2-12-34(13-3-1)53-45-30-33(24-28-38(45)49-39-15-5-9-19-46(39)55-50(49)53)32-22-25-35(26-23-32)51-41-16-6-4-14-37(41)40-31-36(27-29-42(40)51)52-43-17-7-10-20-47(43)54-48-21-11-8-18-44(48)52/h1-31H. The normalized spacial score (nSPS) is 12.5. The Morgan fingerprint density at radius 3 is 1.78 bits per heavy atom. The van der Waals surface area contributed by atoms with E-state index in [0.717, 1.165) is 84.2 Å². The molecule has 0 radical (unpaired) electrons. The van der Waals surface area contributed by atoms with Gasteiger partial charge in [-0.1, -0.05) is 103 Å². The molecule has 55 heavy (non-hydrogen) atoms. The summed E-state index contributed by atoms with van der Waals surface area (Å²) < 4.78 is 17.5. The van der Waals surface area contributed by atoms with Crippen LogP contribution in [0.4, 0.5) is 17.1 Å². The van der Waals surface area contributed by atoms with Crippen molar-refractivity contribution in [2.24, 2.45) is 0 Å². The van der Waals surface area contributed by atoms with Crippen molar-refractivity contribution in [2.45, 2.75) is 0 Å². The van der Waals surface area contributed by atoms with E-state index in [9.17, 15) is 0 Å². The fourth-order valence-corrected chi connectivity index (χ4v) is 8.66. The second-order valence-corrected chi connectivity index (χ2v) is 14.2. The van der Waals surface area contributed by atoms with Crippen LogP contribution in [0.2, 0.25) is 0 Å². The van der Waals surface area contributed by atoms with Crippen LogP contribution in [-0.2, 0) is 0 Å². The lowest BCUT2D eigenvalue weighted by atomic mass is 10.0. The molecular weight excluding hydrogens is 675 g/mol. The Hall–Kier alpha value is -7.50. The van der Waals surface area contributed by atoms with Crippen LogP contribution >= 0.6 is 0 Å². The molecule has 1 aliphatic heterocycles. The van der Waals surface area contributed by atoms with Crippen LogP contribution < -0.4 is 9.64 Å². The molecule has 0 amide bonds. The molecule has 0 atom stereocenters. The van der Waals surface area contributed by atoms with Gasteiger partial charge in [-0.15, -0.1) is 0 Å². The molecule has 3 aromatic heterocycles. The van der Waals surface area contributed by atoms with Gasteiger partial charge in [0.25, 0.3) is 0 Å². The zero-order valence-corrected chi connectivity index (χ0v) is 29.6. The molecular formula is C50H31N3O2. The van der Waals surface area contributed by atoms with Crippen molar-refractivity contribution in [1.82, 2.24) is 9.13 Å². The predicted octanol–water partition coefficient (Wildman–Crippen LogP) is 13.9. The molecule has 1 aliphatic rings. The highest BCUT2D eigenvalue weighted by molar-refractivity contribution is 6.20. The largest absolute Gasteiger partial charge is 0.453 e. The van der Waals surface area contributed by atoms with Gasteiger partial charge in [0.2, 0.25) is 5.71 Å². The maximum Gasteiger partial charge on any atom is 0.213 e. The number of hydrogen-bond donors (Lipinski definition) is 0. The molecule has 11 aromatic rings. The van der Waals surface area contributed by atoms with Crippen molar-refractivity contribution in [1.29, 1.82) is 0 Å². The summed E-state index contributed by atoms with van der Waals surface area (Å²) in [6.45, 7) is 0. The quantitative estimate of drug-likeness (QED) is 0.183. The van der Waals surface area contributed by atoms with Crippen molar-refractivity contribution in [2.75, 3.05) is 4.90 Å². The Labute approximate surface area is 316 Å². The van der Waals surface area contributed by atoms with E-state index in [0.29, 0.717) is 0 Å². The highest BCUT2D eigenvalue weighted by Crippen LogP contribution is 2.51. The second-order valence-electron chi connectivity index (χ2n) is 14.2. The summed E-state index contributed by atoms with van der Waals surface area (Å²) >= 11 is 0. The van der Waals surface area contributed by atoms with Crippen LogP contribution in [0.3, 0.4) is 0 Å². The lowest BCUT2D eigenvalue weighted by Crippen LogP contribution is -2.15. The van der Waals surface area contributed by atoms with Crippen molar-refractivity contribution in [3.05, 3.63) is 188 Å². The molecule has 0 saturated carbocycles. The summed E-state index contributed by atoms with van der Waals surface area (Å²) in [5.41, 5.74) is 12.8. The number of ether oxygens (including phenoxy) is 1. The third-order valence-electron chi connectivity index (χ3n) is 11.1. The van der Waals surface area contributed by atoms with Gasteiger partial charge in [-0.2, -0.15) is 0 Å². The molecule has 0 saturated heterocycles. The van der Waals surface area contributed by atoms with E-state index in [2.05, 4.69) is 166 Å². The number of para-hydroxylation sites is 7. The van der Waals surface area contributed by atoms with Gasteiger partial charge in [0, 0.05) is 38.6 Å². The number of benzene rings is 8. The number of fused-ring (bicyclic) bond motifs is 10.